The molecule has 0 aromatic heterocycles. The molecule has 47 heavy (non-hydrogen) atoms. The molecule has 0 aliphatic carbocycles. The van der Waals surface area contributed by atoms with Crippen molar-refractivity contribution in [2.24, 2.45) is 16.5 Å². The number of aryl methyl sites for hydroxylation is 1. The van der Waals surface area contributed by atoms with Crippen LogP contribution in [-0.4, -0.2) is 93.2 Å². The van der Waals surface area contributed by atoms with E-state index in [9.17, 15) is 39.3 Å². The number of nitrogens with two attached hydrogens (primary N) is 2. The van der Waals surface area contributed by atoms with Crippen molar-refractivity contribution in [1.82, 2.24) is 15.5 Å². The quantitative estimate of drug-likeness (QED) is 0.0561. The zero-order valence-corrected chi connectivity index (χ0v) is 26.1. The Morgan fingerprint density at radius 3 is 2.13 bits per heavy atom. The number of esters is 1. The monoisotopic (exact) mass is 654 g/mol. The number of aliphatic carboxylic acids is 1. The summed E-state index contributed by atoms with van der Waals surface area (Å²) in [5.41, 5.74) is 12.0. The van der Waals surface area contributed by atoms with Gasteiger partial charge in [-0.25, -0.2) is 4.79 Å². The van der Waals surface area contributed by atoms with Crippen LogP contribution in [0.15, 0.2) is 53.5 Å². The van der Waals surface area contributed by atoms with Gasteiger partial charge in [-0.3, -0.25) is 24.2 Å². The third-order valence-corrected chi connectivity index (χ3v) is 7.63. The van der Waals surface area contributed by atoms with Crippen molar-refractivity contribution in [3.63, 3.8) is 0 Å². The molecule has 1 saturated heterocycles. The Kier molecular flexibility index (Phi) is 13.4. The second kappa shape index (κ2) is 17.4. The van der Waals surface area contributed by atoms with Crippen molar-refractivity contribution in [2.45, 2.75) is 76.1 Å². The highest BCUT2D eigenvalue weighted by Gasteiger charge is 2.39. The predicted molar refractivity (Wildman–Crippen MR) is 170 cm³/mol. The summed E-state index contributed by atoms with van der Waals surface area (Å²) >= 11 is 0. The van der Waals surface area contributed by atoms with E-state index in [0.29, 0.717) is 24.8 Å². The number of carbonyl (C=O) groups excluding carboxylic acids is 4. The van der Waals surface area contributed by atoms with Crippen LogP contribution < -0.4 is 22.1 Å². The Hall–Kier alpha value is -5.34. The van der Waals surface area contributed by atoms with E-state index >= 15 is 0 Å². The molecule has 3 amide bonds. The van der Waals surface area contributed by atoms with Crippen LogP contribution in [0.2, 0.25) is 0 Å². The molecule has 0 bridgehead atoms. The molecule has 0 radical (unpaired) electrons. The molecular formula is C32H42N6O9. The average molecular weight is 655 g/mol. The van der Waals surface area contributed by atoms with Gasteiger partial charge in [0.1, 0.15) is 29.6 Å². The summed E-state index contributed by atoms with van der Waals surface area (Å²) in [5.74, 6) is -3.93. The number of guanidine groups is 1. The Labute approximate surface area is 272 Å². The minimum atomic E-state index is -1.30. The minimum absolute atomic E-state index is 0.0203. The molecule has 1 aliphatic heterocycles. The topological polar surface area (TPSA) is 247 Å². The van der Waals surface area contributed by atoms with Crippen LogP contribution >= 0.6 is 0 Å². The first-order valence-corrected chi connectivity index (χ1v) is 15.3. The summed E-state index contributed by atoms with van der Waals surface area (Å²) in [7, 11) is 0. The highest BCUT2D eigenvalue weighted by atomic mass is 16.5. The van der Waals surface area contributed by atoms with E-state index in [1.54, 1.807) is 24.3 Å². The third kappa shape index (κ3) is 11.5. The van der Waals surface area contributed by atoms with Crippen molar-refractivity contribution < 1.29 is 44.0 Å². The number of carboxylic acid groups (broad SMARTS) is 1. The van der Waals surface area contributed by atoms with Gasteiger partial charge < -0.3 is 47.1 Å². The van der Waals surface area contributed by atoms with Crippen LogP contribution in [0, 0.1) is 0 Å². The fourth-order valence-corrected chi connectivity index (χ4v) is 5.26. The van der Waals surface area contributed by atoms with Gasteiger partial charge in [0, 0.05) is 26.4 Å². The fourth-order valence-electron chi connectivity index (χ4n) is 5.26. The lowest BCUT2D eigenvalue weighted by molar-refractivity contribution is -0.154. The number of carboxylic acids is 1. The van der Waals surface area contributed by atoms with Crippen LogP contribution in [0.1, 0.15) is 50.2 Å². The molecular weight excluding hydrogens is 612 g/mol. The highest BCUT2D eigenvalue weighted by molar-refractivity contribution is 5.94. The maximum atomic E-state index is 14.0. The first kappa shape index (κ1) is 36.1. The van der Waals surface area contributed by atoms with Crippen LogP contribution in [0.4, 0.5) is 0 Å². The number of benzene rings is 2. The van der Waals surface area contributed by atoms with E-state index < -0.39 is 53.9 Å². The molecule has 2 aromatic rings. The summed E-state index contributed by atoms with van der Waals surface area (Å²) < 4.78 is 5.30. The second-order valence-electron chi connectivity index (χ2n) is 11.3. The van der Waals surface area contributed by atoms with Gasteiger partial charge in [-0.05, 0) is 73.9 Å². The van der Waals surface area contributed by atoms with Crippen LogP contribution in [-0.2, 0) is 41.6 Å². The van der Waals surface area contributed by atoms with Crippen molar-refractivity contribution in [2.75, 3.05) is 13.1 Å². The molecule has 254 valence electrons. The molecule has 15 heteroatoms. The number of nitrogens with zero attached hydrogens (tertiary/aromatic N) is 2. The van der Waals surface area contributed by atoms with Crippen molar-refractivity contribution >= 4 is 35.6 Å². The average Bonchev–Trinajstić information content (AvgIpc) is 3.51. The van der Waals surface area contributed by atoms with E-state index in [0.717, 1.165) is 12.5 Å². The smallest absolute Gasteiger partial charge is 0.326 e. The zero-order chi connectivity index (χ0) is 34.5. The number of nitrogens with one attached hydrogen (secondary N) is 2. The molecule has 1 aliphatic rings. The maximum Gasteiger partial charge on any atom is 0.326 e. The number of rotatable bonds is 16. The second-order valence-corrected chi connectivity index (χ2v) is 11.3. The number of likely N-dealkylation sites (tertiary alicyclic amines) is 1. The summed E-state index contributed by atoms with van der Waals surface area (Å²) in [6.07, 6.45) is 0.204. The molecule has 0 saturated carbocycles. The van der Waals surface area contributed by atoms with E-state index in [2.05, 4.69) is 15.6 Å². The van der Waals surface area contributed by atoms with Gasteiger partial charge in [0.15, 0.2) is 12.1 Å². The van der Waals surface area contributed by atoms with Crippen LogP contribution in [0.25, 0.3) is 0 Å². The normalized spacial score (nSPS) is 15.9. The number of hydrogen-bond donors (Lipinski definition) is 7. The number of hydrogen-bond acceptors (Lipinski definition) is 9. The van der Waals surface area contributed by atoms with Crippen LogP contribution in [0.3, 0.4) is 0 Å². The van der Waals surface area contributed by atoms with Gasteiger partial charge in [0.2, 0.25) is 11.8 Å². The van der Waals surface area contributed by atoms with Gasteiger partial charge in [-0.1, -0.05) is 24.3 Å². The van der Waals surface area contributed by atoms with E-state index in [-0.39, 0.29) is 56.2 Å². The van der Waals surface area contributed by atoms with Crippen LogP contribution in [0.5, 0.6) is 11.5 Å². The Balaban J connectivity index is 1.79. The van der Waals surface area contributed by atoms with Gasteiger partial charge >= 0.3 is 11.9 Å². The van der Waals surface area contributed by atoms with Gasteiger partial charge in [0.05, 0.1) is 0 Å². The summed E-state index contributed by atoms with van der Waals surface area (Å²) in [4.78, 5) is 69.7. The lowest BCUT2D eigenvalue weighted by Crippen LogP contribution is -2.56. The molecule has 4 atom stereocenters. The highest BCUT2D eigenvalue weighted by Crippen LogP contribution is 2.22. The SMILES string of the molecule is CC(=O)O[C@@H](Cc1ccc(O)cc1)C(=O)N[C@@H](CCc1ccc(O)cc1)C(=O)N1CCC[C@H]1C(=O)N[C@H](CCCN=C(N)N)C(=O)O. The van der Waals surface area contributed by atoms with Crippen molar-refractivity contribution in [3.05, 3.63) is 59.7 Å². The molecule has 9 N–H and O–H groups in total. The maximum absolute atomic E-state index is 14.0. The largest absolute Gasteiger partial charge is 0.508 e. The molecule has 2 aromatic carbocycles. The van der Waals surface area contributed by atoms with Gasteiger partial charge in [-0.15, -0.1) is 0 Å². The molecule has 0 unspecified atom stereocenters. The lowest BCUT2D eigenvalue weighted by atomic mass is 10.0. The number of carbonyl (C=O) groups is 5. The number of amides is 3. The minimum Gasteiger partial charge on any atom is -0.508 e. The zero-order valence-electron chi connectivity index (χ0n) is 26.1. The number of phenolic OH excluding ortho intramolecular Hbond substituents is 2. The predicted octanol–water partition coefficient (Wildman–Crippen LogP) is 0.304. The number of aromatic hydroxyl groups is 2. The molecule has 1 heterocycles. The summed E-state index contributed by atoms with van der Waals surface area (Å²) in [5, 5.41) is 34.2. The first-order valence-electron chi connectivity index (χ1n) is 15.3. The lowest BCUT2D eigenvalue weighted by Gasteiger charge is -2.30. The fraction of sp³-hybridized carbons (Fsp3) is 0.438. The first-order chi connectivity index (χ1) is 22.3. The van der Waals surface area contributed by atoms with Crippen molar-refractivity contribution in [1.29, 1.82) is 0 Å². The Morgan fingerprint density at radius 2 is 1.55 bits per heavy atom. The molecule has 1 fully saturated rings. The Morgan fingerprint density at radius 1 is 0.936 bits per heavy atom. The number of ether oxygens (including phenoxy) is 1. The number of phenols is 2. The van der Waals surface area contributed by atoms with Crippen molar-refractivity contribution in [3.8, 4) is 11.5 Å². The third-order valence-electron chi connectivity index (χ3n) is 7.63. The molecule has 3 rings (SSSR count). The van der Waals surface area contributed by atoms with Gasteiger partial charge in [0.25, 0.3) is 5.91 Å². The Bertz CT molecular complexity index is 1430. The standard InChI is InChI=1S/C32H42N6O9/c1-19(39)47-27(18-21-8-13-23(41)14-9-21)29(43)36-24(15-10-20-6-11-22(40)12-7-20)30(44)38-17-3-5-26(38)28(42)37-25(31(45)46)4-2-16-35-32(33)34/h6-9,11-14,24-27,40-41H,2-5,10,15-18H2,1H3,(H,36,43)(H,37,42)(H,45,46)(H4,33,34,35)/t24-,25+,26-,27-/m0/s1. The van der Waals surface area contributed by atoms with E-state index in [1.807, 2.05) is 0 Å². The number of aliphatic imine (C=N–C) groups is 1. The van der Waals surface area contributed by atoms with E-state index in [1.165, 1.54) is 29.2 Å². The van der Waals surface area contributed by atoms with Gasteiger partial charge in [-0.2, -0.15) is 0 Å². The van der Waals surface area contributed by atoms with E-state index in [4.69, 9.17) is 16.2 Å². The summed E-state index contributed by atoms with van der Waals surface area (Å²) in [6.45, 7) is 1.54. The summed E-state index contributed by atoms with van der Waals surface area (Å²) in [6, 6.07) is 9.01. The molecule has 15 nitrogen and oxygen atoms in total. The molecule has 0 spiro atoms.